The van der Waals surface area contributed by atoms with Crippen LogP contribution in [0.3, 0.4) is 0 Å². The van der Waals surface area contributed by atoms with E-state index >= 15 is 0 Å². The summed E-state index contributed by atoms with van der Waals surface area (Å²) in [5.74, 6) is 1.72. The molecular weight excluding hydrogens is 200 g/mol. The molecule has 0 radical (unpaired) electrons. The lowest BCUT2D eigenvalue weighted by molar-refractivity contribution is 0.327. The number of rotatable bonds is 2. The van der Waals surface area contributed by atoms with Crippen LogP contribution in [0.2, 0.25) is 0 Å². The van der Waals surface area contributed by atoms with E-state index in [-0.39, 0.29) is 6.17 Å². The zero-order chi connectivity index (χ0) is 10.1. The van der Waals surface area contributed by atoms with Crippen molar-refractivity contribution in [1.29, 1.82) is 0 Å². The van der Waals surface area contributed by atoms with Crippen LogP contribution >= 0.6 is 12.6 Å². The number of nitrogens with two attached hydrogens (primary N) is 2. The minimum Gasteiger partial charge on any atom is -0.369 e. The highest BCUT2D eigenvalue weighted by molar-refractivity contribution is 7.80. The highest BCUT2D eigenvalue weighted by Crippen LogP contribution is 2.26. The van der Waals surface area contributed by atoms with Crippen molar-refractivity contribution >= 4 is 24.4 Å². The van der Waals surface area contributed by atoms with E-state index in [2.05, 4.69) is 27.6 Å². The Labute approximate surface area is 86.8 Å². The second-order valence-corrected chi connectivity index (χ2v) is 3.42. The zero-order valence-corrected chi connectivity index (χ0v) is 8.41. The van der Waals surface area contributed by atoms with Gasteiger partial charge in [0.2, 0.25) is 0 Å². The highest BCUT2D eigenvalue weighted by atomic mass is 32.1. The first kappa shape index (κ1) is 9.35. The largest absolute Gasteiger partial charge is 0.369 e. The lowest BCUT2D eigenvalue weighted by Crippen LogP contribution is -2.46. The maximum absolute atomic E-state index is 5.96. The van der Waals surface area contributed by atoms with Gasteiger partial charge < -0.3 is 21.4 Å². The SMILES string of the molecule is NC1=Nc2[nH]cnc2C(N)N1CCS. The van der Waals surface area contributed by atoms with Crippen LogP contribution in [0.15, 0.2) is 11.3 Å². The Morgan fingerprint density at radius 2 is 2.43 bits per heavy atom. The summed E-state index contributed by atoms with van der Waals surface area (Å²) in [6, 6.07) is 0. The van der Waals surface area contributed by atoms with E-state index in [0.717, 1.165) is 5.69 Å². The molecular formula is C7H12N6S. The van der Waals surface area contributed by atoms with Crippen LogP contribution in [0.25, 0.3) is 0 Å². The van der Waals surface area contributed by atoms with Gasteiger partial charge in [0.15, 0.2) is 11.8 Å². The summed E-state index contributed by atoms with van der Waals surface area (Å²) >= 11 is 4.13. The van der Waals surface area contributed by atoms with Gasteiger partial charge in [-0.25, -0.2) is 4.98 Å². The normalized spacial score (nSPS) is 20.6. The van der Waals surface area contributed by atoms with Crippen molar-refractivity contribution in [2.45, 2.75) is 6.17 Å². The number of aromatic nitrogens is 2. The van der Waals surface area contributed by atoms with E-state index in [1.54, 1.807) is 11.2 Å². The van der Waals surface area contributed by atoms with Crippen LogP contribution in [0.4, 0.5) is 5.82 Å². The first-order valence-electron chi connectivity index (χ1n) is 4.24. The van der Waals surface area contributed by atoms with Crippen molar-refractivity contribution in [2.24, 2.45) is 16.5 Å². The zero-order valence-electron chi connectivity index (χ0n) is 7.51. The smallest absolute Gasteiger partial charge is 0.199 e. The lowest BCUT2D eigenvalue weighted by Gasteiger charge is -2.31. The topological polar surface area (TPSA) is 96.3 Å². The van der Waals surface area contributed by atoms with Gasteiger partial charge in [-0.1, -0.05) is 0 Å². The maximum atomic E-state index is 5.96. The van der Waals surface area contributed by atoms with Gasteiger partial charge in [-0.05, 0) is 0 Å². The quantitative estimate of drug-likeness (QED) is 0.500. The number of H-pyrrole nitrogens is 1. The van der Waals surface area contributed by atoms with Gasteiger partial charge in [-0.15, -0.1) is 0 Å². The van der Waals surface area contributed by atoms with Crippen molar-refractivity contribution < 1.29 is 0 Å². The third kappa shape index (κ3) is 1.34. The Morgan fingerprint density at radius 3 is 3.14 bits per heavy atom. The first-order chi connectivity index (χ1) is 6.74. The van der Waals surface area contributed by atoms with Crippen LogP contribution in [0, 0.1) is 0 Å². The summed E-state index contributed by atoms with van der Waals surface area (Å²) in [6.07, 6.45) is 1.23. The highest BCUT2D eigenvalue weighted by Gasteiger charge is 2.27. The lowest BCUT2D eigenvalue weighted by atomic mass is 10.3. The minimum atomic E-state index is -0.333. The van der Waals surface area contributed by atoms with Gasteiger partial charge in [0.25, 0.3) is 0 Å². The van der Waals surface area contributed by atoms with Gasteiger partial charge in [0.1, 0.15) is 11.9 Å². The van der Waals surface area contributed by atoms with Crippen molar-refractivity contribution in [3.8, 4) is 0 Å². The summed E-state index contributed by atoms with van der Waals surface area (Å²) < 4.78 is 0. The Morgan fingerprint density at radius 1 is 1.64 bits per heavy atom. The van der Waals surface area contributed by atoms with Crippen molar-refractivity contribution in [3.05, 3.63) is 12.0 Å². The molecule has 0 saturated carbocycles. The predicted molar refractivity (Wildman–Crippen MR) is 57.4 cm³/mol. The molecule has 0 amide bonds. The molecule has 7 heteroatoms. The van der Waals surface area contributed by atoms with Crippen LogP contribution in [0.1, 0.15) is 11.9 Å². The molecule has 1 aliphatic heterocycles. The second kappa shape index (κ2) is 3.50. The molecule has 0 spiro atoms. The molecule has 5 N–H and O–H groups in total. The van der Waals surface area contributed by atoms with Crippen LogP contribution < -0.4 is 11.5 Å². The summed E-state index contributed by atoms with van der Waals surface area (Å²) in [5, 5.41) is 0. The van der Waals surface area contributed by atoms with Gasteiger partial charge in [-0.3, -0.25) is 0 Å². The molecule has 1 aromatic rings. The molecule has 6 nitrogen and oxygen atoms in total. The Balaban J connectivity index is 2.35. The molecule has 0 saturated heterocycles. The number of aromatic amines is 1. The Kier molecular flexibility index (Phi) is 2.34. The Bertz CT molecular complexity index is 359. The Hall–Kier alpha value is -1.21. The van der Waals surface area contributed by atoms with E-state index in [9.17, 15) is 0 Å². The number of nitrogens with one attached hydrogen (secondary N) is 1. The molecule has 1 aromatic heterocycles. The van der Waals surface area contributed by atoms with Crippen molar-refractivity contribution in [1.82, 2.24) is 14.9 Å². The van der Waals surface area contributed by atoms with E-state index in [0.29, 0.717) is 24.1 Å². The molecule has 76 valence electrons. The van der Waals surface area contributed by atoms with Gasteiger partial charge in [0, 0.05) is 12.3 Å². The summed E-state index contributed by atoms with van der Waals surface area (Å²) in [7, 11) is 0. The van der Waals surface area contributed by atoms with Crippen LogP contribution in [0.5, 0.6) is 0 Å². The molecule has 2 rings (SSSR count). The number of imidazole rings is 1. The molecule has 1 unspecified atom stereocenters. The number of guanidine groups is 1. The predicted octanol–water partition coefficient (Wildman–Crippen LogP) is -0.441. The maximum Gasteiger partial charge on any atom is 0.199 e. The van der Waals surface area contributed by atoms with Crippen molar-refractivity contribution in [2.75, 3.05) is 12.3 Å². The molecule has 0 aliphatic carbocycles. The first-order valence-corrected chi connectivity index (χ1v) is 4.88. The average molecular weight is 212 g/mol. The number of fused-ring (bicyclic) bond motifs is 1. The molecule has 0 bridgehead atoms. The number of thiol groups is 1. The second-order valence-electron chi connectivity index (χ2n) is 2.97. The average Bonchev–Trinajstić information content (AvgIpc) is 2.60. The van der Waals surface area contributed by atoms with E-state index in [1.807, 2.05) is 0 Å². The molecule has 1 atom stereocenters. The monoisotopic (exact) mass is 212 g/mol. The van der Waals surface area contributed by atoms with E-state index < -0.39 is 0 Å². The molecule has 0 fully saturated rings. The van der Waals surface area contributed by atoms with E-state index in [4.69, 9.17) is 11.5 Å². The molecule has 14 heavy (non-hydrogen) atoms. The minimum absolute atomic E-state index is 0.333. The third-order valence-corrected chi connectivity index (χ3v) is 2.32. The van der Waals surface area contributed by atoms with Gasteiger partial charge >= 0.3 is 0 Å². The van der Waals surface area contributed by atoms with E-state index in [1.165, 1.54) is 0 Å². The molecule has 2 heterocycles. The van der Waals surface area contributed by atoms with Crippen molar-refractivity contribution in [3.63, 3.8) is 0 Å². The summed E-state index contributed by atoms with van der Waals surface area (Å²) in [5.41, 5.74) is 12.4. The summed E-state index contributed by atoms with van der Waals surface area (Å²) in [6.45, 7) is 0.659. The number of hydrogen-bond acceptors (Lipinski definition) is 6. The third-order valence-electron chi connectivity index (χ3n) is 2.12. The van der Waals surface area contributed by atoms with Gasteiger partial charge in [0.05, 0.1) is 6.33 Å². The fourth-order valence-corrected chi connectivity index (χ4v) is 1.65. The number of nitrogens with zero attached hydrogens (tertiary/aromatic N) is 3. The number of hydrogen-bond donors (Lipinski definition) is 4. The fraction of sp³-hybridized carbons (Fsp3) is 0.429. The standard InChI is InChI=1S/C7H12N6S/c8-5-4-6(11-3-10-4)12-7(9)13(5)1-2-14/h3,5,14H,1-2,8H2,(H2,9,12)(H,10,11). The van der Waals surface area contributed by atoms with Crippen LogP contribution in [-0.4, -0.2) is 33.1 Å². The summed E-state index contributed by atoms with van der Waals surface area (Å²) in [4.78, 5) is 12.9. The molecule has 0 aromatic carbocycles. The molecule has 1 aliphatic rings. The van der Waals surface area contributed by atoms with Gasteiger partial charge in [-0.2, -0.15) is 17.6 Å². The fourth-order valence-electron chi connectivity index (χ4n) is 1.43. The van der Waals surface area contributed by atoms with Crippen LogP contribution in [-0.2, 0) is 0 Å². The number of aliphatic imine (C=N–C) groups is 1.